The second-order valence-electron chi connectivity index (χ2n) is 3.82. The van der Waals surface area contributed by atoms with E-state index < -0.39 is 16.4 Å². The lowest BCUT2D eigenvalue weighted by Gasteiger charge is -2.13. The Bertz CT molecular complexity index is 465. The number of benzene rings is 1. The molecule has 106 valence electrons. The summed E-state index contributed by atoms with van der Waals surface area (Å²) in [7, 11) is 1.33. The number of rotatable bonds is 6. The van der Waals surface area contributed by atoms with Gasteiger partial charge >= 0.3 is 5.69 Å². The van der Waals surface area contributed by atoms with Crippen LogP contribution in [0.3, 0.4) is 0 Å². The van der Waals surface area contributed by atoms with Gasteiger partial charge in [-0.15, -0.1) is 19.0 Å². The number of phenols is 1. The molecule has 0 saturated carbocycles. The first-order valence-electron chi connectivity index (χ1n) is 5.43. The lowest BCUT2D eigenvalue weighted by atomic mass is 10.0. The zero-order valence-corrected chi connectivity index (χ0v) is 11.4. The van der Waals surface area contributed by atoms with Crippen molar-refractivity contribution in [1.82, 2.24) is 0 Å². The highest BCUT2D eigenvalue weighted by atomic mass is 35.5. The van der Waals surface area contributed by atoms with Crippen LogP contribution in [-0.2, 0) is 0 Å². The van der Waals surface area contributed by atoms with Crippen molar-refractivity contribution in [3.8, 4) is 11.5 Å². The smallest absolute Gasteiger partial charge is 0.314 e. The lowest BCUT2D eigenvalue weighted by molar-refractivity contribution is -0.386. The minimum atomic E-state index is -0.665. The molecule has 3 N–H and O–H groups in total. The summed E-state index contributed by atoms with van der Waals surface area (Å²) in [5.74, 6) is -0.435. The molecule has 0 radical (unpaired) electrons. The summed E-state index contributed by atoms with van der Waals surface area (Å²) in [5.41, 5.74) is 6.07. The summed E-state index contributed by atoms with van der Waals surface area (Å²) in [4.78, 5) is 10.1. The number of allylic oxidation sites excluding steroid dienone is 1. The van der Waals surface area contributed by atoms with E-state index in [1.807, 2.05) is 0 Å². The Labute approximate surface area is 117 Å². The molecule has 19 heavy (non-hydrogen) atoms. The number of hydrogen-bond acceptors (Lipinski definition) is 5. The van der Waals surface area contributed by atoms with Crippen molar-refractivity contribution >= 4 is 18.1 Å². The Hall–Kier alpha value is -1.79. The highest BCUT2D eigenvalue weighted by Crippen LogP contribution is 2.38. The fourth-order valence-electron chi connectivity index (χ4n) is 1.59. The van der Waals surface area contributed by atoms with Crippen molar-refractivity contribution < 1.29 is 14.8 Å². The Morgan fingerprint density at radius 3 is 2.74 bits per heavy atom. The van der Waals surface area contributed by atoms with Crippen molar-refractivity contribution in [3.63, 3.8) is 0 Å². The van der Waals surface area contributed by atoms with Crippen LogP contribution in [-0.4, -0.2) is 17.1 Å². The molecule has 0 aliphatic heterocycles. The molecule has 0 aromatic heterocycles. The van der Waals surface area contributed by atoms with Gasteiger partial charge in [0.15, 0.2) is 5.75 Å². The fourth-order valence-corrected chi connectivity index (χ4v) is 1.59. The van der Waals surface area contributed by atoms with E-state index in [9.17, 15) is 15.2 Å². The lowest BCUT2D eigenvalue weighted by Crippen LogP contribution is -2.10. The monoisotopic (exact) mass is 288 g/mol. The number of halogens is 1. The van der Waals surface area contributed by atoms with Crippen LogP contribution >= 0.6 is 12.4 Å². The van der Waals surface area contributed by atoms with Crippen LogP contribution in [0, 0.1) is 10.1 Å². The van der Waals surface area contributed by atoms with Crippen LogP contribution in [0.2, 0.25) is 0 Å². The number of nitro groups is 1. The van der Waals surface area contributed by atoms with Crippen LogP contribution in [0.25, 0.3) is 0 Å². The Morgan fingerprint density at radius 1 is 1.63 bits per heavy atom. The minimum absolute atomic E-state index is 0. The predicted octanol–water partition coefficient (Wildman–Crippen LogP) is 2.70. The molecule has 0 fully saturated rings. The Kier molecular flexibility index (Phi) is 6.89. The molecule has 0 amide bonds. The molecule has 1 rings (SSSR count). The highest BCUT2D eigenvalue weighted by molar-refractivity contribution is 5.85. The van der Waals surface area contributed by atoms with Crippen LogP contribution in [0.15, 0.2) is 24.8 Å². The van der Waals surface area contributed by atoms with Crippen molar-refractivity contribution in [3.05, 3.63) is 40.5 Å². The van der Waals surface area contributed by atoms with E-state index in [-0.39, 0.29) is 24.2 Å². The maximum absolute atomic E-state index is 10.8. The third kappa shape index (κ3) is 4.11. The number of nitrogens with two attached hydrogens (primary N) is 1. The summed E-state index contributed by atoms with van der Waals surface area (Å²) >= 11 is 0. The molecule has 1 atom stereocenters. The standard InChI is InChI=1S/C12H16N2O4.ClH/c1-3-4-5-9(13)8-6-10(14(16)17)12(15)11(7-8)18-2;/h3,6-7,9,15H,1,4-5,13H2,2H3;1H/t9-;/m1./s1. The van der Waals surface area contributed by atoms with Gasteiger partial charge in [-0.25, -0.2) is 0 Å². The first-order valence-corrected chi connectivity index (χ1v) is 5.43. The normalized spacial score (nSPS) is 11.3. The molecule has 0 aliphatic rings. The average Bonchev–Trinajstić information content (AvgIpc) is 2.35. The van der Waals surface area contributed by atoms with Gasteiger partial charge in [0.1, 0.15) is 0 Å². The van der Waals surface area contributed by atoms with Crippen molar-refractivity contribution in [2.24, 2.45) is 5.73 Å². The molecule has 0 spiro atoms. The number of hydrogen-bond donors (Lipinski definition) is 2. The van der Waals surface area contributed by atoms with Gasteiger partial charge in [-0.3, -0.25) is 10.1 Å². The van der Waals surface area contributed by atoms with Gasteiger partial charge in [-0.1, -0.05) is 6.08 Å². The second-order valence-corrected chi connectivity index (χ2v) is 3.82. The number of nitro benzene ring substituents is 1. The number of ether oxygens (including phenoxy) is 1. The van der Waals surface area contributed by atoms with Gasteiger partial charge in [0.05, 0.1) is 12.0 Å². The van der Waals surface area contributed by atoms with Crippen LogP contribution in [0.1, 0.15) is 24.4 Å². The average molecular weight is 289 g/mol. The van der Waals surface area contributed by atoms with Crippen molar-refractivity contribution in [2.75, 3.05) is 7.11 Å². The molecule has 0 saturated heterocycles. The van der Waals surface area contributed by atoms with Gasteiger partial charge in [0.25, 0.3) is 0 Å². The van der Waals surface area contributed by atoms with Crippen LogP contribution < -0.4 is 10.5 Å². The van der Waals surface area contributed by atoms with E-state index in [4.69, 9.17) is 10.5 Å². The van der Waals surface area contributed by atoms with E-state index in [2.05, 4.69) is 6.58 Å². The zero-order chi connectivity index (χ0) is 13.7. The molecule has 0 heterocycles. The van der Waals surface area contributed by atoms with Crippen LogP contribution in [0.4, 0.5) is 5.69 Å². The molecule has 1 aromatic carbocycles. The Balaban J connectivity index is 0.00000324. The van der Waals surface area contributed by atoms with Gasteiger partial charge in [0, 0.05) is 12.1 Å². The van der Waals surface area contributed by atoms with Gasteiger partial charge in [-0.05, 0) is 24.5 Å². The maximum atomic E-state index is 10.8. The molecule has 1 aromatic rings. The molecule has 7 heteroatoms. The molecule has 6 nitrogen and oxygen atoms in total. The van der Waals surface area contributed by atoms with E-state index in [0.29, 0.717) is 18.4 Å². The summed E-state index contributed by atoms with van der Waals surface area (Å²) in [6, 6.07) is 2.41. The number of phenolic OH excluding ortho intramolecular Hbond substituents is 1. The summed E-state index contributed by atoms with van der Waals surface area (Å²) in [5, 5.41) is 20.4. The molecule has 0 bridgehead atoms. The minimum Gasteiger partial charge on any atom is -0.500 e. The van der Waals surface area contributed by atoms with Crippen molar-refractivity contribution in [1.29, 1.82) is 0 Å². The summed E-state index contributed by atoms with van der Waals surface area (Å²) in [6.07, 6.45) is 3.05. The third-order valence-electron chi connectivity index (χ3n) is 2.60. The fraction of sp³-hybridized carbons (Fsp3) is 0.333. The second kappa shape index (κ2) is 7.60. The largest absolute Gasteiger partial charge is 0.500 e. The maximum Gasteiger partial charge on any atom is 0.314 e. The van der Waals surface area contributed by atoms with Gasteiger partial charge in [-0.2, -0.15) is 0 Å². The first-order chi connectivity index (χ1) is 8.51. The zero-order valence-electron chi connectivity index (χ0n) is 10.5. The number of nitrogens with zero attached hydrogens (tertiary/aromatic N) is 1. The van der Waals surface area contributed by atoms with E-state index >= 15 is 0 Å². The summed E-state index contributed by atoms with van der Waals surface area (Å²) < 4.78 is 4.90. The predicted molar refractivity (Wildman–Crippen MR) is 74.9 cm³/mol. The molecular weight excluding hydrogens is 272 g/mol. The molecular formula is C12H17ClN2O4. The first kappa shape index (κ1) is 17.2. The van der Waals surface area contributed by atoms with E-state index in [1.54, 1.807) is 6.08 Å². The SMILES string of the molecule is C=CCC[C@@H](N)c1cc(OC)c(O)c([N+](=O)[O-])c1.Cl. The topological polar surface area (TPSA) is 98.6 Å². The van der Waals surface area contributed by atoms with Crippen molar-refractivity contribution in [2.45, 2.75) is 18.9 Å². The van der Waals surface area contributed by atoms with Gasteiger partial charge in [0.2, 0.25) is 5.75 Å². The molecule has 0 unspecified atom stereocenters. The van der Waals surface area contributed by atoms with Gasteiger partial charge < -0.3 is 15.6 Å². The summed E-state index contributed by atoms with van der Waals surface area (Å²) in [6.45, 7) is 3.59. The number of aromatic hydroxyl groups is 1. The quantitative estimate of drug-likeness (QED) is 0.476. The molecule has 0 aliphatic carbocycles. The third-order valence-corrected chi connectivity index (χ3v) is 2.60. The van der Waals surface area contributed by atoms with Crippen LogP contribution in [0.5, 0.6) is 11.5 Å². The number of methoxy groups -OCH3 is 1. The Morgan fingerprint density at radius 2 is 2.26 bits per heavy atom. The highest BCUT2D eigenvalue weighted by Gasteiger charge is 2.21. The van der Waals surface area contributed by atoms with E-state index in [1.165, 1.54) is 19.2 Å². The van der Waals surface area contributed by atoms with E-state index in [0.717, 1.165) is 0 Å².